The first-order valence-electron chi connectivity index (χ1n) is 11.0. The first kappa shape index (κ1) is 21.1. The Balaban J connectivity index is 1.68. The number of carbonyl (C=O) groups is 3. The molecule has 3 aromatic rings. The summed E-state index contributed by atoms with van der Waals surface area (Å²) in [6.07, 6.45) is 0.192. The van der Waals surface area contributed by atoms with Crippen LogP contribution in [-0.4, -0.2) is 34.8 Å². The number of benzene rings is 3. The number of fused-ring (bicyclic) bond motifs is 1. The van der Waals surface area contributed by atoms with Gasteiger partial charge in [-0.05, 0) is 24.6 Å². The Morgan fingerprint density at radius 2 is 1.42 bits per heavy atom. The van der Waals surface area contributed by atoms with Gasteiger partial charge >= 0.3 is 5.97 Å². The van der Waals surface area contributed by atoms with Crippen LogP contribution in [0.5, 0.6) is 0 Å². The standard InChI is InChI=1S/C27H24N2O4/c1-2-33-25(32)27-18-26(27,23(30)20-14-8-4-9-15-20)22(19-12-6-3-7-13-19)28-29(27)24(31)21-16-10-5-11-17-21/h3-17,22,28H,2,18H2,1H3/t22-,26+,27-/m1/s1. The maximum Gasteiger partial charge on any atom is 0.334 e. The zero-order chi connectivity index (χ0) is 23.1. The molecule has 1 saturated heterocycles. The molecule has 0 radical (unpaired) electrons. The van der Waals surface area contributed by atoms with Crippen molar-refractivity contribution in [3.05, 3.63) is 108 Å². The molecule has 1 N–H and O–H groups in total. The number of amides is 1. The molecule has 3 atom stereocenters. The van der Waals surface area contributed by atoms with Crippen LogP contribution in [0, 0.1) is 5.41 Å². The minimum Gasteiger partial charge on any atom is -0.464 e. The fourth-order valence-corrected chi connectivity index (χ4v) is 5.12. The molecule has 2 aliphatic rings. The highest BCUT2D eigenvalue weighted by Crippen LogP contribution is 2.71. The van der Waals surface area contributed by atoms with E-state index in [1.54, 1.807) is 55.5 Å². The third kappa shape index (κ3) is 3.02. The second-order valence-electron chi connectivity index (χ2n) is 8.40. The van der Waals surface area contributed by atoms with Gasteiger partial charge in [-0.1, -0.05) is 78.9 Å². The van der Waals surface area contributed by atoms with Gasteiger partial charge in [0.05, 0.1) is 18.1 Å². The molecule has 166 valence electrons. The zero-order valence-electron chi connectivity index (χ0n) is 18.2. The van der Waals surface area contributed by atoms with Gasteiger partial charge < -0.3 is 4.74 Å². The number of hydrogen-bond acceptors (Lipinski definition) is 5. The molecule has 5 rings (SSSR count). The Morgan fingerprint density at radius 1 is 0.879 bits per heavy atom. The van der Waals surface area contributed by atoms with E-state index in [4.69, 9.17) is 4.74 Å². The average Bonchev–Trinajstić information content (AvgIpc) is 3.49. The fraction of sp³-hybridized carbons (Fsp3) is 0.222. The van der Waals surface area contributed by atoms with Crippen molar-refractivity contribution >= 4 is 17.7 Å². The van der Waals surface area contributed by atoms with Crippen LogP contribution in [0.1, 0.15) is 45.7 Å². The molecule has 0 aromatic heterocycles. The maximum atomic E-state index is 14.0. The lowest BCUT2D eigenvalue weighted by Gasteiger charge is -2.27. The van der Waals surface area contributed by atoms with Crippen molar-refractivity contribution < 1.29 is 19.1 Å². The second kappa shape index (κ2) is 7.98. The molecule has 1 amide bonds. The van der Waals surface area contributed by atoms with Crippen molar-refractivity contribution in [1.82, 2.24) is 10.4 Å². The van der Waals surface area contributed by atoms with E-state index in [1.807, 2.05) is 42.5 Å². The summed E-state index contributed by atoms with van der Waals surface area (Å²) >= 11 is 0. The molecule has 2 fully saturated rings. The van der Waals surface area contributed by atoms with E-state index in [2.05, 4.69) is 5.43 Å². The molecule has 0 bridgehead atoms. The van der Waals surface area contributed by atoms with E-state index in [0.29, 0.717) is 11.1 Å². The predicted octanol–water partition coefficient (Wildman–Crippen LogP) is 3.96. The molecule has 1 aliphatic heterocycles. The number of hydrazine groups is 1. The first-order valence-corrected chi connectivity index (χ1v) is 11.0. The number of carbonyl (C=O) groups excluding carboxylic acids is 3. The number of esters is 1. The zero-order valence-corrected chi connectivity index (χ0v) is 18.2. The van der Waals surface area contributed by atoms with Crippen LogP contribution in [-0.2, 0) is 9.53 Å². The number of ether oxygens (including phenoxy) is 1. The molecule has 0 spiro atoms. The molecular formula is C27H24N2O4. The Kier molecular flexibility index (Phi) is 5.10. The van der Waals surface area contributed by atoms with Crippen LogP contribution in [0.3, 0.4) is 0 Å². The van der Waals surface area contributed by atoms with Crippen molar-refractivity contribution in [1.29, 1.82) is 0 Å². The molecule has 0 unspecified atom stereocenters. The van der Waals surface area contributed by atoms with Crippen molar-refractivity contribution in [2.24, 2.45) is 5.41 Å². The van der Waals surface area contributed by atoms with Crippen LogP contribution < -0.4 is 5.43 Å². The normalized spacial score (nSPS) is 25.2. The molecule has 33 heavy (non-hydrogen) atoms. The van der Waals surface area contributed by atoms with Gasteiger partial charge in [-0.15, -0.1) is 0 Å². The van der Waals surface area contributed by atoms with Gasteiger partial charge in [0.15, 0.2) is 11.3 Å². The number of nitrogens with zero attached hydrogens (tertiary/aromatic N) is 1. The minimum atomic E-state index is -1.43. The summed E-state index contributed by atoms with van der Waals surface area (Å²) in [5.41, 5.74) is 2.39. The van der Waals surface area contributed by atoms with Crippen molar-refractivity contribution in [2.45, 2.75) is 24.9 Å². The van der Waals surface area contributed by atoms with Gasteiger partial charge in [-0.2, -0.15) is 0 Å². The molecular weight excluding hydrogens is 416 g/mol. The van der Waals surface area contributed by atoms with Gasteiger partial charge in [-0.3, -0.25) is 14.6 Å². The second-order valence-corrected chi connectivity index (χ2v) is 8.40. The van der Waals surface area contributed by atoms with E-state index in [1.165, 1.54) is 5.01 Å². The summed E-state index contributed by atoms with van der Waals surface area (Å²) in [6, 6.07) is 26.6. The Labute approximate surface area is 192 Å². The van der Waals surface area contributed by atoms with E-state index < -0.39 is 23.0 Å². The number of ketones is 1. The summed E-state index contributed by atoms with van der Waals surface area (Å²) in [4.78, 5) is 41.1. The summed E-state index contributed by atoms with van der Waals surface area (Å²) in [5.74, 6) is -1.12. The van der Waals surface area contributed by atoms with Crippen molar-refractivity contribution in [3.63, 3.8) is 0 Å². The number of nitrogens with one attached hydrogen (secondary N) is 1. The SMILES string of the molecule is CCOC(=O)[C@]12C[C@@]1(C(=O)c1ccccc1)[C@@H](c1ccccc1)NN2C(=O)c1ccccc1. The molecule has 6 heteroatoms. The minimum absolute atomic E-state index is 0.152. The lowest BCUT2D eigenvalue weighted by Crippen LogP contribution is -2.52. The lowest BCUT2D eigenvalue weighted by molar-refractivity contribution is -0.151. The summed E-state index contributed by atoms with van der Waals surface area (Å²) in [5, 5.41) is 1.35. The third-order valence-electron chi connectivity index (χ3n) is 6.69. The van der Waals surface area contributed by atoms with Gasteiger partial charge in [0, 0.05) is 17.5 Å². The Hall–Kier alpha value is -3.77. The van der Waals surface area contributed by atoms with Gasteiger partial charge in [0.2, 0.25) is 0 Å². The van der Waals surface area contributed by atoms with Crippen LogP contribution in [0.4, 0.5) is 0 Å². The van der Waals surface area contributed by atoms with Crippen LogP contribution in [0.25, 0.3) is 0 Å². The van der Waals surface area contributed by atoms with Crippen molar-refractivity contribution in [3.8, 4) is 0 Å². The number of Topliss-reactive ketones (excluding diaryl/α,β-unsaturated/α-hetero) is 1. The van der Waals surface area contributed by atoms with E-state index in [0.717, 1.165) is 5.56 Å². The lowest BCUT2D eigenvalue weighted by atomic mass is 9.81. The van der Waals surface area contributed by atoms with Crippen LogP contribution >= 0.6 is 0 Å². The fourth-order valence-electron chi connectivity index (χ4n) is 5.12. The van der Waals surface area contributed by atoms with Gasteiger partial charge in [-0.25, -0.2) is 10.2 Å². The van der Waals surface area contributed by atoms with Crippen LogP contribution in [0.15, 0.2) is 91.0 Å². The largest absolute Gasteiger partial charge is 0.464 e. The van der Waals surface area contributed by atoms with Gasteiger partial charge in [0.1, 0.15) is 0 Å². The highest BCUT2D eigenvalue weighted by molar-refractivity contribution is 6.13. The topological polar surface area (TPSA) is 75.7 Å². The third-order valence-corrected chi connectivity index (χ3v) is 6.69. The van der Waals surface area contributed by atoms with Gasteiger partial charge in [0.25, 0.3) is 5.91 Å². The van der Waals surface area contributed by atoms with Crippen molar-refractivity contribution in [2.75, 3.05) is 6.61 Å². The first-order chi connectivity index (χ1) is 16.1. The predicted molar refractivity (Wildman–Crippen MR) is 122 cm³/mol. The summed E-state index contributed by atoms with van der Waals surface area (Å²) < 4.78 is 5.46. The monoisotopic (exact) mass is 440 g/mol. The average molecular weight is 440 g/mol. The Morgan fingerprint density at radius 3 is 2.00 bits per heavy atom. The van der Waals surface area contributed by atoms with Crippen LogP contribution in [0.2, 0.25) is 0 Å². The quantitative estimate of drug-likeness (QED) is 0.464. The highest BCUT2D eigenvalue weighted by atomic mass is 16.5. The molecule has 1 saturated carbocycles. The number of hydrogen-bond donors (Lipinski definition) is 1. The molecule has 1 heterocycles. The molecule has 1 aliphatic carbocycles. The number of rotatable bonds is 6. The maximum absolute atomic E-state index is 14.0. The van der Waals surface area contributed by atoms with E-state index >= 15 is 0 Å². The van der Waals surface area contributed by atoms with E-state index in [9.17, 15) is 14.4 Å². The van der Waals surface area contributed by atoms with E-state index in [-0.39, 0.29) is 24.7 Å². The summed E-state index contributed by atoms with van der Waals surface area (Å²) in [7, 11) is 0. The smallest absolute Gasteiger partial charge is 0.334 e. The molecule has 3 aromatic carbocycles. The highest BCUT2D eigenvalue weighted by Gasteiger charge is 2.87. The summed E-state index contributed by atoms with van der Waals surface area (Å²) in [6.45, 7) is 1.87. The molecule has 6 nitrogen and oxygen atoms in total. The Bertz CT molecular complexity index is 1200.